The molecule has 1 aromatic heterocycles. The summed E-state index contributed by atoms with van der Waals surface area (Å²) >= 11 is 0. The fraction of sp³-hybridized carbons (Fsp3) is 0.300. The van der Waals surface area contributed by atoms with E-state index in [9.17, 15) is 25.2 Å². The molecule has 0 bridgehead atoms. The highest BCUT2D eigenvalue weighted by atomic mass is 16.5. The van der Waals surface area contributed by atoms with Gasteiger partial charge in [0.25, 0.3) is 5.91 Å². The molecule has 0 aliphatic carbocycles. The van der Waals surface area contributed by atoms with Gasteiger partial charge in [0.1, 0.15) is 23.4 Å². The van der Waals surface area contributed by atoms with Crippen LogP contribution in [0.2, 0.25) is 0 Å². The van der Waals surface area contributed by atoms with Gasteiger partial charge in [0, 0.05) is 28.4 Å². The van der Waals surface area contributed by atoms with E-state index in [0.29, 0.717) is 86.7 Å². The second-order valence-corrected chi connectivity index (χ2v) is 12.4. The van der Waals surface area contributed by atoms with E-state index in [1.165, 1.54) is 0 Å². The number of anilines is 1. The van der Waals surface area contributed by atoms with Crippen LogP contribution in [-0.2, 0) is 26.4 Å². The summed E-state index contributed by atoms with van der Waals surface area (Å²) in [7, 11) is 3.13. The van der Waals surface area contributed by atoms with E-state index >= 15 is 0 Å². The normalized spacial score (nSPS) is 13.5. The first-order valence-electron chi connectivity index (χ1n) is 17.3. The van der Waals surface area contributed by atoms with Crippen LogP contribution in [0.4, 0.5) is 5.69 Å². The molecule has 13 heteroatoms. The molecule has 0 saturated carbocycles. The van der Waals surface area contributed by atoms with Gasteiger partial charge in [-0.3, -0.25) is 4.79 Å². The van der Waals surface area contributed by atoms with Gasteiger partial charge in [-0.2, -0.15) is 0 Å². The third-order valence-corrected chi connectivity index (χ3v) is 9.13. The predicted molar refractivity (Wildman–Crippen MR) is 196 cm³/mol. The van der Waals surface area contributed by atoms with Crippen LogP contribution in [-0.4, -0.2) is 58.9 Å². The van der Waals surface area contributed by atoms with Crippen LogP contribution in [0.1, 0.15) is 63.6 Å². The number of rotatable bonds is 17. The number of aliphatic hydroxyl groups is 4. The highest BCUT2D eigenvalue weighted by molar-refractivity contribution is 6.02. The molecule has 1 unspecified atom stereocenters. The summed E-state index contributed by atoms with van der Waals surface area (Å²) in [5, 5.41) is 49.9. The first-order chi connectivity index (χ1) is 25.9. The second-order valence-electron chi connectivity index (χ2n) is 12.4. The van der Waals surface area contributed by atoms with Crippen LogP contribution in [0.25, 0.3) is 22.6 Å². The lowest BCUT2D eigenvalue weighted by atomic mass is 9.97. The molecule has 4 aromatic carbocycles. The third-order valence-electron chi connectivity index (χ3n) is 9.13. The molecule has 278 valence electrons. The Hall–Kier alpha value is -5.60. The van der Waals surface area contributed by atoms with Gasteiger partial charge in [-0.05, 0) is 102 Å². The fourth-order valence-corrected chi connectivity index (χ4v) is 6.24. The average Bonchev–Trinajstić information content (AvgIpc) is 3.70. The maximum absolute atomic E-state index is 12.8. The minimum atomic E-state index is -0.465. The number of nitrogens with one attached hydrogen (secondary N) is 2. The van der Waals surface area contributed by atoms with Crippen LogP contribution in [0.5, 0.6) is 23.0 Å². The molecule has 0 saturated heterocycles. The van der Waals surface area contributed by atoms with E-state index in [-0.39, 0.29) is 32.3 Å². The van der Waals surface area contributed by atoms with Crippen LogP contribution in [0, 0.1) is 0 Å². The van der Waals surface area contributed by atoms with Crippen molar-refractivity contribution in [2.45, 2.75) is 51.9 Å². The number of nitrogens with zero attached hydrogens (tertiary/aromatic N) is 1. The van der Waals surface area contributed by atoms with Gasteiger partial charge in [-0.25, -0.2) is 0 Å². The number of carbonyl (C=O) groups excluding carboxylic acids is 1. The lowest BCUT2D eigenvalue weighted by Gasteiger charge is -2.29. The van der Waals surface area contributed by atoms with Gasteiger partial charge < -0.3 is 54.5 Å². The Balaban J connectivity index is 1.00. The standard InChI is InChI=1S/C40H43N3O10/c1-49-30-8-9-33-31(18-30)40(48)42-39(41-33)25-7-10-35(29(14-25)22-46)51-12-4-3-5-13-52-38-17-24(6-11-36(38)50-2)34-19-37(53-43-34)26-15-27(20-44)32(23-47)28(16-26)21-45/h6-11,14-19,39,41,44-47H,3-5,12-13,20-23H2,1-2H3,(H,42,48). The first-order valence-corrected chi connectivity index (χ1v) is 17.3. The largest absolute Gasteiger partial charge is 0.497 e. The quantitative estimate of drug-likeness (QED) is 0.0665. The zero-order valence-electron chi connectivity index (χ0n) is 29.6. The predicted octanol–water partition coefficient (Wildman–Crippen LogP) is 5.48. The molecule has 0 radical (unpaired) electrons. The van der Waals surface area contributed by atoms with Gasteiger partial charge in [-0.1, -0.05) is 11.2 Å². The molecule has 6 rings (SSSR count). The number of carbonyl (C=O) groups is 1. The molecular formula is C40H43N3O10. The molecular weight excluding hydrogens is 682 g/mol. The highest BCUT2D eigenvalue weighted by Crippen LogP contribution is 2.35. The Kier molecular flexibility index (Phi) is 12.1. The zero-order chi connectivity index (χ0) is 37.3. The topological polar surface area (TPSA) is 185 Å². The molecule has 0 fully saturated rings. The van der Waals surface area contributed by atoms with Crippen LogP contribution < -0.4 is 29.6 Å². The van der Waals surface area contributed by atoms with Crippen molar-refractivity contribution in [3.63, 3.8) is 0 Å². The Labute approximate surface area is 306 Å². The number of unbranched alkanes of at least 4 members (excludes halogenated alkanes) is 2. The Morgan fingerprint density at radius 2 is 1.40 bits per heavy atom. The van der Waals surface area contributed by atoms with Crippen molar-refractivity contribution in [3.05, 3.63) is 106 Å². The van der Waals surface area contributed by atoms with E-state index in [4.69, 9.17) is 23.5 Å². The van der Waals surface area contributed by atoms with Crippen LogP contribution >= 0.6 is 0 Å². The Morgan fingerprint density at radius 1 is 0.679 bits per heavy atom. The van der Waals surface area contributed by atoms with Crippen LogP contribution in [0.15, 0.2) is 77.3 Å². The number of benzene rings is 4. The maximum Gasteiger partial charge on any atom is 0.255 e. The van der Waals surface area contributed by atoms with E-state index < -0.39 is 6.17 Å². The number of hydrogen-bond donors (Lipinski definition) is 6. The molecule has 0 spiro atoms. The third kappa shape index (κ3) is 8.39. The van der Waals surface area contributed by atoms with Gasteiger partial charge in [0.05, 0.1) is 59.4 Å². The van der Waals surface area contributed by atoms with Crippen molar-refractivity contribution in [3.8, 4) is 45.6 Å². The van der Waals surface area contributed by atoms with Gasteiger partial charge >= 0.3 is 0 Å². The summed E-state index contributed by atoms with van der Waals surface area (Å²) < 4.78 is 28.5. The number of ether oxygens (including phenoxy) is 4. The fourth-order valence-electron chi connectivity index (χ4n) is 6.24. The van der Waals surface area contributed by atoms with Gasteiger partial charge in [-0.15, -0.1) is 0 Å². The molecule has 2 heterocycles. The zero-order valence-corrected chi connectivity index (χ0v) is 29.6. The lowest BCUT2D eigenvalue weighted by Crippen LogP contribution is -2.38. The summed E-state index contributed by atoms with van der Waals surface area (Å²) in [6.07, 6.45) is 1.91. The Bertz CT molecular complexity index is 2020. The first kappa shape index (κ1) is 37.2. The number of aromatic nitrogens is 1. The summed E-state index contributed by atoms with van der Waals surface area (Å²) in [6.45, 7) is -0.201. The van der Waals surface area contributed by atoms with Crippen molar-refractivity contribution in [2.75, 3.05) is 32.8 Å². The maximum atomic E-state index is 12.8. The molecule has 53 heavy (non-hydrogen) atoms. The monoisotopic (exact) mass is 725 g/mol. The van der Waals surface area contributed by atoms with Crippen LogP contribution in [0.3, 0.4) is 0 Å². The van der Waals surface area contributed by atoms with Crippen molar-refractivity contribution in [1.82, 2.24) is 10.5 Å². The molecule has 5 aromatic rings. The SMILES string of the molecule is COc1ccc2c(c1)C(=O)NC(c1ccc(OCCCCCOc3cc(-c4cc(-c5cc(CO)c(CO)c(CO)c5)on4)ccc3OC)c(CO)c1)N2. The summed E-state index contributed by atoms with van der Waals surface area (Å²) in [5.74, 6) is 2.55. The van der Waals surface area contributed by atoms with E-state index in [1.54, 1.807) is 50.6 Å². The van der Waals surface area contributed by atoms with Crippen molar-refractivity contribution in [1.29, 1.82) is 0 Å². The van der Waals surface area contributed by atoms with E-state index in [2.05, 4.69) is 15.8 Å². The van der Waals surface area contributed by atoms with Crippen molar-refractivity contribution >= 4 is 11.6 Å². The summed E-state index contributed by atoms with van der Waals surface area (Å²) in [5.41, 5.74) is 6.04. The van der Waals surface area contributed by atoms with Crippen molar-refractivity contribution in [2.24, 2.45) is 0 Å². The minimum Gasteiger partial charge on any atom is -0.497 e. The molecule has 13 nitrogen and oxygen atoms in total. The molecule has 6 N–H and O–H groups in total. The van der Waals surface area contributed by atoms with E-state index in [1.807, 2.05) is 36.4 Å². The Morgan fingerprint density at radius 3 is 2.08 bits per heavy atom. The van der Waals surface area contributed by atoms with Crippen molar-refractivity contribution < 1.29 is 48.7 Å². The number of fused-ring (bicyclic) bond motifs is 1. The highest BCUT2D eigenvalue weighted by Gasteiger charge is 2.26. The van der Waals surface area contributed by atoms with Gasteiger partial charge in [0.2, 0.25) is 0 Å². The lowest BCUT2D eigenvalue weighted by molar-refractivity contribution is 0.0935. The average molecular weight is 726 g/mol. The summed E-state index contributed by atoms with van der Waals surface area (Å²) in [4.78, 5) is 12.8. The number of hydrogen-bond acceptors (Lipinski definition) is 12. The molecule has 1 atom stereocenters. The van der Waals surface area contributed by atoms with Gasteiger partial charge in [0.15, 0.2) is 17.3 Å². The number of methoxy groups -OCH3 is 2. The molecule has 1 aliphatic heterocycles. The number of aliphatic hydroxyl groups excluding tert-OH is 4. The van der Waals surface area contributed by atoms with E-state index in [0.717, 1.165) is 30.4 Å². The minimum absolute atomic E-state index is 0.213. The second kappa shape index (κ2) is 17.3. The molecule has 1 amide bonds. The smallest absolute Gasteiger partial charge is 0.255 e. The summed E-state index contributed by atoms with van der Waals surface area (Å²) in [6, 6.07) is 21.5. The molecule has 1 aliphatic rings. The number of amides is 1.